The Balaban J connectivity index is 0.000000195. The highest BCUT2D eigenvalue weighted by Gasteiger charge is 2.39. The molecule has 8 rings (SSSR count). The van der Waals surface area contributed by atoms with Gasteiger partial charge in [-0.2, -0.15) is 0 Å². The Morgan fingerprint density at radius 1 is 0.800 bits per heavy atom. The lowest BCUT2D eigenvalue weighted by molar-refractivity contribution is 0.655. The SMILES string of the molecule is C=C(/N=C(\C)c1ccccc1)n1c2ccccc2c2cc3c(cc21)C(C)(C)C1=CCCC=C13.C=C(C)C=C1/C(=C\C=C/C)Cc2ccccc21. The van der Waals surface area contributed by atoms with Crippen molar-refractivity contribution in [1.29, 1.82) is 0 Å². The fourth-order valence-corrected chi connectivity index (χ4v) is 7.88. The smallest absolute Gasteiger partial charge is 0.130 e. The van der Waals surface area contributed by atoms with E-state index in [9.17, 15) is 0 Å². The van der Waals surface area contributed by atoms with Crippen LogP contribution in [-0.2, 0) is 11.8 Å². The van der Waals surface area contributed by atoms with E-state index in [1.807, 2.05) is 32.0 Å². The van der Waals surface area contributed by atoms with Crippen LogP contribution in [-0.4, -0.2) is 10.3 Å². The van der Waals surface area contributed by atoms with E-state index in [4.69, 9.17) is 4.99 Å². The lowest BCUT2D eigenvalue weighted by Crippen LogP contribution is -2.16. The largest absolute Gasteiger partial charge is 0.294 e. The Bertz CT molecular complexity index is 2360. The molecule has 0 amide bonds. The van der Waals surface area contributed by atoms with Gasteiger partial charge in [0.05, 0.1) is 11.0 Å². The number of para-hydroxylation sites is 1. The normalized spacial score (nSPS) is 17.7. The van der Waals surface area contributed by atoms with Crippen LogP contribution in [0.1, 0.15) is 75.3 Å². The van der Waals surface area contributed by atoms with E-state index in [1.54, 1.807) is 0 Å². The lowest BCUT2D eigenvalue weighted by Gasteiger charge is -2.23. The average molecular weight is 651 g/mol. The van der Waals surface area contributed by atoms with Crippen molar-refractivity contribution in [2.75, 3.05) is 0 Å². The minimum atomic E-state index is 0.00160. The molecule has 248 valence electrons. The summed E-state index contributed by atoms with van der Waals surface area (Å²) >= 11 is 0. The van der Waals surface area contributed by atoms with E-state index in [0.717, 1.165) is 47.4 Å². The lowest BCUT2D eigenvalue weighted by atomic mass is 9.80. The third-order valence-corrected chi connectivity index (χ3v) is 10.3. The van der Waals surface area contributed by atoms with Crippen LogP contribution < -0.4 is 0 Å². The van der Waals surface area contributed by atoms with Gasteiger partial charge in [-0.3, -0.25) is 4.57 Å². The van der Waals surface area contributed by atoms with Crippen LogP contribution in [0.2, 0.25) is 0 Å². The molecule has 50 heavy (non-hydrogen) atoms. The molecule has 4 aromatic carbocycles. The Hall–Kier alpha value is -5.47. The third kappa shape index (κ3) is 5.90. The van der Waals surface area contributed by atoms with E-state index in [0.29, 0.717) is 0 Å². The molecular weight excluding hydrogens is 605 g/mol. The number of allylic oxidation sites excluding steroid dienone is 11. The Kier molecular flexibility index (Phi) is 8.89. The van der Waals surface area contributed by atoms with E-state index in [-0.39, 0.29) is 5.41 Å². The summed E-state index contributed by atoms with van der Waals surface area (Å²) in [5.41, 5.74) is 16.7. The summed E-state index contributed by atoms with van der Waals surface area (Å²) in [4.78, 5) is 4.95. The average Bonchev–Trinajstić information content (AvgIpc) is 3.72. The molecule has 1 heterocycles. The van der Waals surface area contributed by atoms with Gasteiger partial charge in [-0.1, -0.05) is 142 Å². The molecular formula is C48H46N2. The summed E-state index contributed by atoms with van der Waals surface area (Å²) in [5.74, 6) is 0.745. The highest BCUT2D eigenvalue weighted by Crippen LogP contribution is 2.53. The molecule has 0 N–H and O–H groups in total. The van der Waals surface area contributed by atoms with Crippen LogP contribution in [0.4, 0.5) is 0 Å². The van der Waals surface area contributed by atoms with E-state index < -0.39 is 0 Å². The maximum atomic E-state index is 4.95. The summed E-state index contributed by atoms with van der Waals surface area (Å²) in [6, 6.07) is 32.3. The maximum absolute atomic E-state index is 4.95. The molecule has 0 bridgehead atoms. The van der Waals surface area contributed by atoms with Crippen LogP contribution in [0.15, 0.2) is 162 Å². The van der Waals surface area contributed by atoms with Gasteiger partial charge in [-0.05, 0) is 108 Å². The molecule has 2 nitrogen and oxygen atoms in total. The molecule has 0 aliphatic heterocycles. The summed E-state index contributed by atoms with van der Waals surface area (Å²) in [5, 5.41) is 2.51. The van der Waals surface area contributed by atoms with E-state index >= 15 is 0 Å². The zero-order valence-corrected chi connectivity index (χ0v) is 30.1. The molecule has 0 unspecified atom stereocenters. The summed E-state index contributed by atoms with van der Waals surface area (Å²) < 4.78 is 2.23. The molecule has 0 saturated heterocycles. The van der Waals surface area contributed by atoms with E-state index in [2.05, 4.69) is 148 Å². The number of hydrogen-bond acceptors (Lipinski definition) is 1. The van der Waals surface area contributed by atoms with Gasteiger partial charge in [0.15, 0.2) is 0 Å². The van der Waals surface area contributed by atoms with Crippen molar-refractivity contribution < 1.29 is 0 Å². The predicted octanol–water partition coefficient (Wildman–Crippen LogP) is 12.8. The monoisotopic (exact) mass is 650 g/mol. The number of hydrogen-bond donors (Lipinski definition) is 0. The second-order valence-corrected chi connectivity index (χ2v) is 14.1. The molecule has 5 aromatic rings. The zero-order valence-electron chi connectivity index (χ0n) is 30.1. The van der Waals surface area contributed by atoms with Gasteiger partial charge in [0.25, 0.3) is 0 Å². The molecule has 2 heteroatoms. The van der Waals surface area contributed by atoms with Crippen LogP contribution in [0.5, 0.6) is 0 Å². The molecule has 0 spiro atoms. The van der Waals surface area contributed by atoms with Crippen molar-refractivity contribution in [2.24, 2.45) is 4.99 Å². The first kappa shape index (κ1) is 33.0. The van der Waals surface area contributed by atoms with Crippen molar-refractivity contribution in [3.63, 3.8) is 0 Å². The molecule has 3 aliphatic carbocycles. The van der Waals surface area contributed by atoms with Crippen LogP contribution in [0.3, 0.4) is 0 Å². The molecule has 3 aliphatic rings. The minimum Gasteiger partial charge on any atom is -0.294 e. The number of nitrogens with zero attached hydrogens (tertiary/aromatic N) is 2. The fraction of sp³-hybridized carbons (Fsp3) is 0.188. The summed E-state index contributed by atoms with van der Waals surface area (Å²) in [7, 11) is 0. The topological polar surface area (TPSA) is 17.3 Å². The molecule has 1 aromatic heterocycles. The third-order valence-electron chi connectivity index (χ3n) is 10.3. The zero-order chi connectivity index (χ0) is 35.0. The highest BCUT2D eigenvalue weighted by atomic mass is 15.1. The molecule has 0 fully saturated rings. The van der Waals surface area contributed by atoms with Crippen LogP contribution >= 0.6 is 0 Å². The Morgan fingerprint density at radius 3 is 2.30 bits per heavy atom. The second-order valence-electron chi connectivity index (χ2n) is 14.1. The van der Waals surface area contributed by atoms with Gasteiger partial charge in [0.2, 0.25) is 0 Å². The molecule has 0 radical (unpaired) electrons. The van der Waals surface area contributed by atoms with Gasteiger partial charge in [0, 0.05) is 21.9 Å². The molecule has 0 saturated carbocycles. The quantitative estimate of drug-likeness (QED) is 0.168. The number of benzene rings is 4. The fourth-order valence-electron chi connectivity index (χ4n) is 7.88. The van der Waals surface area contributed by atoms with Crippen LogP contribution in [0, 0.1) is 0 Å². The van der Waals surface area contributed by atoms with Crippen molar-refractivity contribution in [3.8, 4) is 0 Å². The number of aromatic nitrogens is 1. The number of rotatable bonds is 5. The van der Waals surface area contributed by atoms with Gasteiger partial charge in [-0.15, -0.1) is 0 Å². The molecule has 0 atom stereocenters. The van der Waals surface area contributed by atoms with Gasteiger partial charge in [-0.25, -0.2) is 4.99 Å². The second kappa shape index (κ2) is 13.4. The van der Waals surface area contributed by atoms with Gasteiger partial charge in [0.1, 0.15) is 5.82 Å². The van der Waals surface area contributed by atoms with Crippen molar-refractivity contribution in [3.05, 3.63) is 185 Å². The summed E-state index contributed by atoms with van der Waals surface area (Å²) in [6.45, 7) is 19.3. The van der Waals surface area contributed by atoms with Crippen molar-refractivity contribution in [1.82, 2.24) is 4.57 Å². The minimum absolute atomic E-state index is 0.00160. The van der Waals surface area contributed by atoms with Crippen LogP contribution in [0.25, 0.3) is 38.8 Å². The Labute approximate surface area is 297 Å². The van der Waals surface area contributed by atoms with Gasteiger partial charge >= 0.3 is 0 Å². The first-order valence-electron chi connectivity index (χ1n) is 17.8. The van der Waals surface area contributed by atoms with E-state index in [1.165, 1.54) is 60.8 Å². The maximum Gasteiger partial charge on any atom is 0.130 e. The van der Waals surface area contributed by atoms with Crippen molar-refractivity contribution >= 4 is 44.5 Å². The van der Waals surface area contributed by atoms with Gasteiger partial charge < -0.3 is 0 Å². The first-order valence-corrected chi connectivity index (χ1v) is 17.8. The first-order chi connectivity index (χ1) is 24.2. The Morgan fingerprint density at radius 2 is 1.52 bits per heavy atom. The summed E-state index contributed by atoms with van der Waals surface area (Å²) in [6.07, 6.45) is 16.7. The van der Waals surface area contributed by atoms with Crippen molar-refractivity contribution in [2.45, 2.75) is 59.3 Å². The number of fused-ring (bicyclic) bond motifs is 7. The highest BCUT2D eigenvalue weighted by molar-refractivity contribution is 6.13. The predicted molar refractivity (Wildman–Crippen MR) is 218 cm³/mol. The standard InChI is InChI=1S/C31H28N2.C17H18/c1-20(22-12-6-5-7-13-22)32-21(2)33-29-17-11-9-15-24(29)26-18-25-23-14-8-10-16-27(23)31(3,4)28(25)19-30(26)33;1-4-5-8-15-12-14-9-6-7-10-16(14)17(15)11-13(2)3/h5-7,9,11-19H,2,8,10H2,1,3-4H3;4-11H,2,12H2,1,3H3/b32-20+;5-4-,15-8-,17-11?. The number of aliphatic imine (C=N–C) groups is 1.